The third-order valence-electron chi connectivity index (χ3n) is 3.61. The number of hydrogen-bond acceptors (Lipinski definition) is 4. The van der Waals surface area contributed by atoms with Crippen molar-refractivity contribution in [2.24, 2.45) is 0 Å². The van der Waals surface area contributed by atoms with Crippen molar-refractivity contribution in [3.63, 3.8) is 0 Å². The first-order chi connectivity index (χ1) is 11.4. The van der Waals surface area contributed by atoms with Crippen molar-refractivity contribution in [1.29, 1.82) is 0 Å². The van der Waals surface area contributed by atoms with E-state index in [-0.39, 0.29) is 17.9 Å². The van der Waals surface area contributed by atoms with E-state index in [0.29, 0.717) is 18.2 Å². The first-order valence-corrected chi connectivity index (χ1v) is 7.88. The molecular weight excluding hydrogens is 304 g/mol. The third kappa shape index (κ3) is 4.98. The van der Waals surface area contributed by atoms with Crippen molar-refractivity contribution in [2.45, 2.75) is 32.7 Å². The summed E-state index contributed by atoms with van der Waals surface area (Å²) in [4.78, 5) is 16.0. The molecule has 0 unspecified atom stereocenters. The van der Waals surface area contributed by atoms with E-state index in [1.54, 1.807) is 19.4 Å². The standard InChI is InChI=1S/C19H24N2O3/c1-19(2,3)15-7-9-16(10-8-15)24-13-17(22)21-12-14-6-5-11-20-18(14)23-4/h5-11H,12-13H2,1-4H3,(H,21,22). The van der Waals surface area contributed by atoms with Gasteiger partial charge in [-0.15, -0.1) is 0 Å². The van der Waals surface area contributed by atoms with Gasteiger partial charge in [0.05, 0.1) is 7.11 Å². The van der Waals surface area contributed by atoms with Crippen molar-refractivity contribution >= 4 is 5.91 Å². The van der Waals surface area contributed by atoms with E-state index in [9.17, 15) is 4.79 Å². The summed E-state index contributed by atoms with van der Waals surface area (Å²) in [5, 5.41) is 2.80. The molecule has 0 saturated carbocycles. The van der Waals surface area contributed by atoms with Gasteiger partial charge in [-0.2, -0.15) is 0 Å². The molecule has 2 rings (SSSR count). The molecule has 0 atom stereocenters. The lowest BCUT2D eigenvalue weighted by molar-refractivity contribution is -0.123. The van der Waals surface area contributed by atoms with E-state index in [4.69, 9.17) is 9.47 Å². The quantitative estimate of drug-likeness (QED) is 0.885. The Labute approximate surface area is 143 Å². The summed E-state index contributed by atoms with van der Waals surface area (Å²) in [5.41, 5.74) is 2.14. The topological polar surface area (TPSA) is 60.5 Å². The zero-order valence-corrected chi connectivity index (χ0v) is 14.6. The summed E-state index contributed by atoms with van der Waals surface area (Å²) in [7, 11) is 1.55. The van der Waals surface area contributed by atoms with Crippen LogP contribution in [0.3, 0.4) is 0 Å². The summed E-state index contributed by atoms with van der Waals surface area (Å²) in [6.07, 6.45) is 1.65. The number of methoxy groups -OCH3 is 1. The van der Waals surface area contributed by atoms with Gasteiger partial charge in [0.25, 0.3) is 5.91 Å². The third-order valence-corrected chi connectivity index (χ3v) is 3.61. The minimum atomic E-state index is -0.194. The van der Waals surface area contributed by atoms with Crippen LogP contribution in [0.4, 0.5) is 0 Å². The maximum Gasteiger partial charge on any atom is 0.258 e. The second-order valence-corrected chi connectivity index (χ2v) is 6.51. The Hall–Kier alpha value is -2.56. The molecule has 0 radical (unpaired) electrons. The highest BCUT2D eigenvalue weighted by Gasteiger charge is 2.13. The average molecular weight is 328 g/mol. The molecule has 0 aliphatic heterocycles. The number of rotatable bonds is 6. The fourth-order valence-electron chi connectivity index (χ4n) is 2.19. The van der Waals surface area contributed by atoms with Crippen LogP contribution in [0.1, 0.15) is 31.9 Å². The summed E-state index contributed by atoms with van der Waals surface area (Å²) in [5.74, 6) is 0.995. The predicted molar refractivity (Wildman–Crippen MR) is 93.3 cm³/mol. The van der Waals surface area contributed by atoms with Crippen molar-refractivity contribution in [3.8, 4) is 11.6 Å². The van der Waals surface area contributed by atoms with Gasteiger partial charge in [0, 0.05) is 18.3 Å². The van der Waals surface area contributed by atoms with Crippen LogP contribution in [0, 0.1) is 0 Å². The van der Waals surface area contributed by atoms with E-state index in [1.165, 1.54) is 5.56 Å². The van der Waals surface area contributed by atoms with E-state index < -0.39 is 0 Å². The van der Waals surface area contributed by atoms with Gasteiger partial charge in [0.2, 0.25) is 5.88 Å². The van der Waals surface area contributed by atoms with Gasteiger partial charge in [-0.3, -0.25) is 4.79 Å². The molecule has 128 valence electrons. The Morgan fingerprint density at radius 1 is 1.17 bits per heavy atom. The largest absolute Gasteiger partial charge is 0.484 e. The van der Waals surface area contributed by atoms with Crippen molar-refractivity contribution in [3.05, 3.63) is 53.7 Å². The van der Waals surface area contributed by atoms with E-state index in [2.05, 4.69) is 31.1 Å². The van der Waals surface area contributed by atoms with Crippen LogP contribution in [0.5, 0.6) is 11.6 Å². The molecule has 1 aromatic carbocycles. The fourth-order valence-corrected chi connectivity index (χ4v) is 2.19. The highest BCUT2D eigenvalue weighted by atomic mass is 16.5. The Balaban J connectivity index is 1.83. The molecule has 5 heteroatoms. The number of amides is 1. The lowest BCUT2D eigenvalue weighted by atomic mass is 9.87. The van der Waals surface area contributed by atoms with Crippen LogP contribution >= 0.6 is 0 Å². The minimum Gasteiger partial charge on any atom is -0.484 e. The molecule has 0 fully saturated rings. The molecule has 0 aliphatic rings. The maximum absolute atomic E-state index is 11.9. The van der Waals surface area contributed by atoms with Crippen LogP contribution in [0.15, 0.2) is 42.6 Å². The molecule has 1 aromatic heterocycles. The summed E-state index contributed by atoms with van der Waals surface area (Å²) >= 11 is 0. The number of nitrogens with one attached hydrogen (secondary N) is 1. The SMILES string of the molecule is COc1ncccc1CNC(=O)COc1ccc(C(C)(C)C)cc1. The van der Waals surface area contributed by atoms with E-state index in [1.807, 2.05) is 30.3 Å². The van der Waals surface area contributed by atoms with Gasteiger partial charge in [-0.1, -0.05) is 39.0 Å². The van der Waals surface area contributed by atoms with Gasteiger partial charge in [-0.05, 0) is 29.2 Å². The summed E-state index contributed by atoms with van der Waals surface area (Å²) in [6.45, 7) is 6.79. The second-order valence-electron chi connectivity index (χ2n) is 6.51. The monoisotopic (exact) mass is 328 g/mol. The van der Waals surface area contributed by atoms with E-state index >= 15 is 0 Å². The van der Waals surface area contributed by atoms with Gasteiger partial charge in [0.15, 0.2) is 6.61 Å². The number of nitrogens with zero attached hydrogens (tertiary/aromatic N) is 1. The highest BCUT2D eigenvalue weighted by molar-refractivity contribution is 5.77. The normalized spacial score (nSPS) is 11.0. The molecule has 2 aromatic rings. The zero-order chi connectivity index (χ0) is 17.6. The van der Waals surface area contributed by atoms with Crippen LogP contribution in [0.2, 0.25) is 0 Å². The lowest BCUT2D eigenvalue weighted by Crippen LogP contribution is -2.28. The lowest BCUT2D eigenvalue weighted by Gasteiger charge is -2.19. The first-order valence-electron chi connectivity index (χ1n) is 7.88. The smallest absolute Gasteiger partial charge is 0.258 e. The Morgan fingerprint density at radius 2 is 1.88 bits per heavy atom. The molecule has 1 heterocycles. The highest BCUT2D eigenvalue weighted by Crippen LogP contribution is 2.24. The number of carbonyl (C=O) groups excluding carboxylic acids is 1. The van der Waals surface area contributed by atoms with Crippen LogP contribution in [0.25, 0.3) is 0 Å². The molecule has 5 nitrogen and oxygen atoms in total. The van der Waals surface area contributed by atoms with Crippen LogP contribution in [-0.2, 0) is 16.8 Å². The predicted octanol–water partition coefficient (Wildman–Crippen LogP) is 3.08. The molecular formula is C19H24N2O3. The number of hydrogen-bond donors (Lipinski definition) is 1. The number of ether oxygens (including phenoxy) is 2. The van der Waals surface area contributed by atoms with Crippen LogP contribution in [-0.4, -0.2) is 24.6 Å². The van der Waals surface area contributed by atoms with Gasteiger partial charge >= 0.3 is 0 Å². The molecule has 24 heavy (non-hydrogen) atoms. The summed E-state index contributed by atoms with van der Waals surface area (Å²) < 4.78 is 10.7. The summed E-state index contributed by atoms with van der Waals surface area (Å²) in [6, 6.07) is 11.5. The zero-order valence-electron chi connectivity index (χ0n) is 14.6. The molecule has 0 bridgehead atoms. The van der Waals surface area contributed by atoms with Gasteiger partial charge < -0.3 is 14.8 Å². The van der Waals surface area contributed by atoms with E-state index in [0.717, 1.165) is 5.56 Å². The number of aromatic nitrogens is 1. The molecule has 1 N–H and O–H groups in total. The van der Waals surface area contributed by atoms with Gasteiger partial charge in [0.1, 0.15) is 5.75 Å². The second kappa shape index (κ2) is 7.81. The Morgan fingerprint density at radius 3 is 2.50 bits per heavy atom. The number of carbonyl (C=O) groups is 1. The van der Waals surface area contributed by atoms with Crippen LogP contribution < -0.4 is 14.8 Å². The molecule has 0 spiro atoms. The molecule has 0 aliphatic carbocycles. The van der Waals surface area contributed by atoms with Gasteiger partial charge in [-0.25, -0.2) is 4.98 Å². The number of pyridine rings is 1. The van der Waals surface area contributed by atoms with Crippen molar-refractivity contribution < 1.29 is 14.3 Å². The Bertz CT molecular complexity index is 676. The minimum absolute atomic E-state index is 0.0303. The molecule has 0 saturated heterocycles. The maximum atomic E-state index is 11.9. The fraction of sp³-hybridized carbons (Fsp3) is 0.368. The van der Waals surface area contributed by atoms with Crippen molar-refractivity contribution in [2.75, 3.05) is 13.7 Å². The van der Waals surface area contributed by atoms with Crippen molar-refractivity contribution in [1.82, 2.24) is 10.3 Å². The Kier molecular flexibility index (Phi) is 5.79. The first kappa shape index (κ1) is 17.8. The molecule has 1 amide bonds. The average Bonchev–Trinajstić information content (AvgIpc) is 2.58. The number of benzene rings is 1.